The standard InChI is InChI=1S/C15H23N3O/c1-17-7-3-2-4-14(17)13-5-6-15(16-12-13)18-8-10-19-11-9-18/h5-6,12,14H,2-4,7-11H2,1H3/t14-/m0/s1. The molecule has 2 fully saturated rings. The predicted molar refractivity (Wildman–Crippen MR) is 76.5 cm³/mol. The molecule has 2 aliphatic rings. The summed E-state index contributed by atoms with van der Waals surface area (Å²) in [6.07, 6.45) is 5.98. The average Bonchev–Trinajstić information content (AvgIpc) is 2.49. The van der Waals surface area contributed by atoms with Gasteiger partial charge in [0.05, 0.1) is 13.2 Å². The number of hydrogen-bond acceptors (Lipinski definition) is 4. The number of aromatic nitrogens is 1. The van der Waals surface area contributed by atoms with Crippen molar-refractivity contribution < 1.29 is 4.74 Å². The number of ether oxygens (including phenoxy) is 1. The van der Waals surface area contributed by atoms with Gasteiger partial charge in [-0.3, -0.25) is 4.90 Å². The summed E-state index contributed by atoms with van der Waals surface area (Å²) in [5.41, 5.74) is 1.36. The van der Waals surface area contributed by atoms with E-state index in [4.69, 9.17) is 4.74 Å². The first kappa shape index (κ1) is 12.9. The predicted octanol–water partition coefficient (Wildman–Crippen LogP) is 2.08. The van der Waals surface area contributed by atoms with E-state index in [2.05, 4.69) is 40.2 Å². The maximum Gasteiger partial charge on any atom is 0.128 e. The Hall–Kier alpha value is -1.13. The second-order valence-electron chi connectivity index (χ2n) is 5.54. The number of pyridine rings is 1. The number of hydrogen-bond donors (Lipinski definition) is 0. The van der Waals surface area contributed by atoms with Crippen LogP contribution in [0.15, 0.2) is 18.3 Å². The van der Waals surface area contributed by atoms with Gasteiger partial charge in [-0.05, 0) is 38.1 Å². The lowest BCUT2D eigenvalue weighted by molar-refractivity contribution is 0.122. The van der Waals surface area contributed by atoms with Crippen LogP contribution in [0.5, 0.6) is 0 Å². The Labute approximate surface area is 115 Å². The van der Waals surface area contributed by atoms with Gasteiger partial charge in [0, 0.05) is 25.3 Å². The molecule has 1 aromatic heterocycles. The van der Waals surface area contributed by atoms with Crippen LogP contribution in [0.2, 0.25) is 0 Å². The molecule has 2 saturated heterocycles. The summed E-state index contributed by atoms with van der Waals surface area (Å²) in [7, 11) is 2.22. The summed E-state index contributed by atoms with van der Waals surface area (Å²) in [5, 5.41) is 0. The van der Waals surface area contributed by atoms with Crippen molar-refractivity contribution in [3.8, 4) is 0 Å². The van der Waals surface area contributed by atoms with Gasteiger partial charge in [0.2, 0.25) is 0 Å². The molecule has 1 aromatic rings. The number of morpholine rings is 1. The monoisotopic (exact) mass is 261 g/mol. The molecule has 0 amide bonds. The van der Waals surface area contributed by atoms with Gasteiger partial charge in [-0.1, -0.05) is 12.5 Å². The molecule has 3 rings (SSSR count). The third-order valence-electron chi connectivity index (χ3n) is 4.26. The van der Waals surface area contributed by atoms with Crippen LogP contribution >= 0.6 is 0 Å². The Morgan fingerprint density at radius 1 is 1.16 bits per heavy atom. The summed E-state index contributed by atoms with van der Waals surface area (Å²) in [6.45, 7) is 4.74. The van der Waals surface area contributed by atoms with Gasteiger partial charge in [-0.2, -0.15) is 0 Å². The minimum atomic E-state index is 0.556. The van der Waals surface area contributed by atoms with Crippen molar-refractivity contribution in [2.75, 3.05) is 44.8 Å². The zero-order chi connectivity index (χ0) is 13.1. The number of rotatable bonds is 2. The fourth-order valence-electron chi connectivity index (χ4n) is 3.07. The molecule has 1 atom stereocenters. The third kappa shape index (κ3) is 2.90. The molecule has 0 saturated carbocycles. The first-order chi connectivity index (χ1) is 9.34. The molecule has 0 unspecified atom stereocenters. The fraction of sp³-hybridized carbons (Fsp3) is 0.667. The lowest BCUT2D eigenvalue weighted by Crippen LogP contribution is -2.36. The second kappa shape index (κ2) is 5.88. The van der Waals surface area contributed by atoms with Gasteiger partial charge < -0.3 is 9.64 Å². The largest absolute Gasteiger partial charge is 0.378 e. The lowest BCUT2D eigenvalue weighted by Gasteiger charge is -2.33. The minimum absolute atomic E-state index is 0.556. The van der Waals surface area contributed by atoms with E-state index >= 15 is 0 Å². The van der Waals surface area contributed by atoms with Crippen LogP contribution in [0, 0.1) is 0 Å². The number of nitrogens with zero attached hydrogens (tertiary/aromatic N) is 3. The Balaban J connectivity index is 1.70. The van der Waals surface area contributed by atoms with Crippen molar-refractivity contribution in [3.05, 3.63) is 23.9 Å². The molecule has 0 bridgehead atoms. The van der Waals surface area contributed by atoms with Crippen LogP contribution in [0.1, 0.15) is 30.9 Å². The SMILES string of the molecule is CN1CCCC[C@H]1c1ccc(N2CCOCC2)nc1. The molecular weight excluding hydrogens is 238 g/mol. The van der Waals surface area contributed by atoms with Gasteiger partial charge >= 0.3 is 0 Å². The normalized spacial score (nSPS) is 25.5. The molecule has 0 aliphatic carbocycles. The molecule has 0 radical (unpaired) electrons. The maximum absolute atomic E-state index is 5.38. The van der Waals surface area contributed by atoms with Crippen molar-refractivity contribution in [1.82, 2.24) is 9.88 Å². The Morgan fingerprint density at radius 3 is 2.68 bits per heavy atom. The van der Waals surface area contributed by atoms with Crippen LogP contribution in [0.25, 0.3) is 0 Å². The fourth-order valence-corrected chi connectivity index (χ4v) is 3.07. The smallest absolute Gasteiger partial charge is 0.128 e. The molecule has 3 heterocycles. The maximum atomic E-state index is 5.38. The molecule has 0 spiro atoms. The average molecular weight is 261 g/mol. The molecule has 19 heavy (non-hydrogen) atoms. The quantitative estimate of drug-likeness (QED) is 0.815. The van der Waals surface area contributed by atoms with Crippen molar-refractivity contribution in [2.45, 2.75) is 25.3 Å². The summed E-state index contributed by atoms with van der Waals surface area (Å²) in [4.78, 5) is 9.41. The highest BCUT2D eigenvalue weighted by molar-refractivity contribution is 5.40. The number of piperidine rings is 1. The van der Waals surface area contributed by atoms with Crippen molar-refractivity contribution in [2.24, 2.45) is 0 Å². The van der Waals surface area contributed by atoms with E-state index in [1.807, 2.05) is 0 Å². The van der Waals surface area contributed by atoms with Crippen LogP contribution in [-0.2, 0) is 4.74 Å². The van der Waals surface area contributed by atoms with E-state index < -0.39 is 0 Å². The molecule has 0 aromatic carbocycles. The van der Waals surface area contributed by atoms with Crippen molar-refractivity contribution >= 4 is 5.82 Å². The third-order valence-corrected chi connectivity index (χ3v) is 4.26. The van der Waals surface area contributed by atoms with Crippen molar-refractivity contribution in [1.29, 1.82) is 0 Å². The Morgan fingerprint density at radius 2 is 2.00 bits per heavy atom. The molecule has 0 N–H and O–H groups in total. The number of anilines is 1. The zero-order valence-electron chi connectivity index (χ0n) is 11.7. The van der Waals surface area contributed by atoms with Gasteiger partial charge in [-0.15, -0.1) is 0 Å². The summed E-state index contributed by atoms with van der Waals surface area (Å²) in [6, 6.07) is 4.98. The zero-order valence-corrected chi connectivity index (χ0v) is 11.7. The lowest BCUT2D eigenvalue weighted by atomic mass is 9.97. The Kier molecular flexibility index (Phi) is 3.99. The highest BCUT2D eigenvalue weighted by Gasteiger charge is 2.21. The van der Waals surface area contributed by atoms with Crippen LogP contribution in [-0.4, -0.2) is 49.8 Å². The molecule has 2 aliphatic heterocycles. The first-order valence-electron chi connectivity index (χ1n) is 7.33. The number of likely N-dealkylation sites (tertiary alicyclic amines) is 1. The van der Waals surface area contributed by atoms with E-state index in [0.29, 0.717) is 6.04 Å². The van der Waals surface area contributed by atoms with E-state index in [1.54, 1.807) is 0 Å². The minimum Gasteiger partial charge on any atom is -0.378 e. The van der Waals surface area contributed by atoms with Crippen LogP contribution in [0.4, 0.5) is 5.82 Å². The molecule has 4 nitrogen and oxygen atoms in total. The van der Waals surface area contributed by atoms with E-state index in [0.717, 1.165) is 32.1 Å². The van der Waals surface area contributed by atoms with Crippen LogP contribution < -0.4 is 4.90 Å². The van der Waals surface area contributed by atoms with Crippen LogP contribution in [0.3, 0.4) is 0 Å². The Bertz CT molecular complexity index is 400. The van der Waals surface area contributed by atoms with Gasteiger partial charge in [0.25, 0.3) is 0 Å². The van der Waals surface area contributed by atoms with Gasteiger partial charge in [-0.25, -0.2) is 4.98 Å². The highest BCUT2D eigenvalue weighted by atomic mass is 16.5. The molecule has 104 valence electrons. The van der Waals surface area contributed by atoms with E-state index in [1.165, 1.54) is 31.4 Å². The molecule has 4 heteroatoms. The second-order valence-corrected chi connectivity index (χ2v) is 5.54. The first-order valence-corrected chi connectivity index (χ1v) is 7.33. The van der Waals surface area contributed by atoms with E-state index in [-0.39, 0.29) is 0 Å². The topological polar surface area (TPSA) is 28.6 Å². The van der Waals surface area contributed by atoms with E-state index in [9.17, 15) is 0 Å². The highest BCUT2D eigenvalue weighted by Crippen LogP contribution is 2.29. The summed E-state index contributed by atoms with van der Waals surface area (Å²) in [5.74, 6) is 1.09. The van der Waals surface area contributed by atoms with Gasteiger partial charge in [0.1, 0.15) is 5.82 Å². The summed E-state index contributed by atoms with van der Waals surface area (Å²) >= 11 is 0. The van der Waals surface area contributed by atoms with Gasteiger partial charge in [0.15, 0.2) is 0 Å². The molecular formula is C15H23N3O. The summed E-state index contributed by atoms with van der Waals surface area (Å²) < 4.78 is 5.38. The van der Waals surface area contributed by atoms with Crippen molar-refractivity contribution in [3.63, 3.8) is 0 Å².